The van der Waals surface area contributed by atoms with Gasteiger partial charge in [-0.05, 0) is 0 Å². The summed E-state index contributed by atoms with van der Waals surface area (Å²) < 4.78 is 40.2. The quantitative estimate of drug-likeness (QED) is 0.503. The van der Waals surface area contributed by atoms with Gasteiger partial charge in [0.2, 0.25) is 0 Å². The maximum atomic E-state index is 11.7. The molecule has 8 heteroatoms. The van der Waals surface area contributed by atoms with Crippen LogP contribution in [0.5, 0.6) is 0 Å². The summed E-state index contributed by atoms with van der Waals surface area (Å²) in [6.45, 7) is 1.67. The molecule has 120 valence electrons. The van der Waals surface area contributed by atoms with Gasteiger partial charge in [-0.2, -0.15) is 0 Å². The van der Waals surface area contributed by atoms with Gasteiger partial charge < -0.3 is 0 Å². The molecule has 6 nitrogen and oxygen atoms in total. The van der Waals surface area contributed by atoms with E-state index in [-0.39, 0.29) is 16.0 Å². The Bertz CT molecular complexity index is 1020. The molecule has 0 atom stereocenters. The molecule has 0 saturated carbocycles. The second kappa shape index (κ2) is 7.83. The van der Waals surface area contributed by atoms with Crippen LogP contribution < -0.4 is 0 Å². The Hall–Kier alpha value is -2.13. The number of ether oxygens (including phenoxy) is 1. The van der Waals surface area contributed by atoms with Crippen molar-refractivity contribution in [2.75, 3.05) is 0 Å². The van der Waals surface area contributed by atoms with Gasteiger partial charge in [0.15, 0.2) is 0 Å². The zero-order valence-electron chi connectivity index (χ0n) is 13.5. The van der Waals surface area contributed by atoms with Crippen LogP contribution in [-0.4, -0.2) is 40.9 Å². The number of rotatable bonds is 3. The van der Waals surface area contributed by atoms with E-state index in [1.165, 1.54) is 18.2 Å². The van der Waals surface area contributed by atoms with E-state index in [0.29, 0.717) is 50.6 Å². The first-order valence-electron chi connectivity index (χ1n) is 7.17. The van der Waals surface area contributed by atoms with Crippen molar-refractivity contribution >= 4 is 43.6 Å². The molecule has 1 aromatic carbocycles. The molecule has 1 aliphatic rings. The minimum atomic E-state index is -4.42. The molecule has 0 radical (unpaired) electrons. The van der Waals surface area contributed by atoms with Crippen molar-refractivity contribution in [2.45, 2.75) is 11.8 Å². The average molecular weight is 362 g/mol. The Balaban J connectivity index is 2.68. The van der Waals surface area contributed by atoms with Crippen LogP contribution >= 0.6 is 0 Å². The van der Waals surface area contributed by atoms with Gasteiger partial charge in [0, 0.05) is 0 Å². The van der Waals surface area contributed by atoms with Crippen molar-refractivity contribution in [2.24, 2.45) is 0 Å². The zero-order chi connectivity index (χ0) is 18.6. The fourth-order valence-electron chi connectivity index (χ4n) is 2.41. The summed E-state index contributed by atoms with van der Waals surface area (Å²) in [6.07, 6.45) is 3.07. The van der Waals surface area contributed by atoms with E-state index in [1.807, 2.05) is 12.1 Å². The van der Waals surface area contributed by atoms with E-state index >= 15 is 0 Å². The van der Waals surface area contributed by atoms with Crippen LogP contribution in [0.25, 0.3) is 5.57 Å². The summed E-state index contributed by atoms with van der Waals surface area (Å²) in [7, 11) is -4.42. The summed E-state index contributed by atoms with van der Waals surface area (Å²) in [5, 5.41) is 18.1. The van der Waals surface area contributed by atoms with E-state index in [2.05, 4.69) is 0 Å². The molecule has 25 heavy (non-hydrogen) atoms. The Kier molecular flexibility index (Phi) is 6.02. The molecular weight excluding hydrogens is 351 g/mol. The summed E-state index contributed by atoms with van der Waals surface area (Å²) in [6, 6.07) is 9.66. The van der Waals surface area contributed by atoms with Gasteiger partial charge in [0.1, 0.15) is 0 Å². The van der Waals surface area contributed by atoms with Gasteiger partial charge in [0.25, 0.3) is 0 Å². The maximum absolute atomic E-state index is 11.7. The third-order valence-corrected chi connectivity index (χ3v) is 4.93. The fraction of sp³-hybridized carbons (Fsp3) is 0.0588. The molecule has 0 aliphatic carbocycles. The molecule has 0 aromatic heterocycles. The molecule has 0 bridgehead atoms. The molecule has 1 N–H and O–H groups in total. The van der Waals surface area contributed by atoms with Crippen LogP contribution in [0.1, 0.15) is 12.5 Å². The third-order valence-electron chi connectivity index (χ3n) is 3.44. The Morgan fingerprint density at radius 2 is 1.88 bits per heavy atom. The van der Waals surface area contributed by atoms with Crippen molar-refractivity contribution in [3.8, 4) is 12.1 Å². The van der Waals surface area contributed by atoms with Gasteiger partial charge in [-0.25, -0.2) is 0 Å². The molecule has 1 aliphatic heterocycles. The predicted octanol–water partition coefficient (Wildman–Crippen LogP) is 2.60. The van der Waals surface area contributed by atoms with Crippen LogP contribution in [0, 0.1) is 22.7 Å². The molecule has 0 saturated heterocycles. The normalized spacial score (nSPS) is 14.6. The summed E-state index contributed by atoms with van der Waals surface area (Å²) in [4.78, 5) is -0.236. The van der Waals surface area contributed by atoms with E-state index < -0.39 is 10.1 Å². The standard InChI is InChI=1S/C17H11N2O4S.Na/c1-11-7-13(14(9-18)10-19)8-16(23-11)12(2)15-5-3-4-6-17(15)24(20,21)22;/h2-8H,1H3,(H,20,21,22);. The number of hydrogen-bond donors (Lipinski definition) is 1. The van der Waals surface area contributed by atoms with Gasteiger partial charge >= 0.3 is 164 Å². The number of nitrogens with zero attached hydrogens (tertiary/aromatic N) is 2. The number of hydrogen-bond acceptors (Lipinski definition) is 5. The Labute approximate surface area is 163 Å². The van der Waals surface area contributed by atoms with Crippen LogP contribution in [0.2, 0.25) is 0 Å². The van der Waals surface area contributed by atoms with Crippen molar-refractivity contribution in [1.82, 2.24) is 0 Å². The number of benzene rings is 1. The van der Waals surface area contributed by atoms with E-state index in [0.717, 1.165) is 0 Å². The molecule has 0 unspecified atom stereocenters. The summed E-state index contributed by atoms with van der Waals surface area (Å²) in [5.74, 6) is 0.768. The van der Waals surface area contributed by atoms with Crippen molar-refractivity contribution < 1.29 is 17.7 Å². The molecule has 0 spiro atoms. The first-order chi connectivity index (χ1) is 11.8. The van der Waals surface area contributed by atoms with Gasteiger partial charge in [-0.1, -0.05) is 0 Å². The van der Waals surface area contributed by atoms with Crippen molar-refractivity contribution in [3.63, 3.8) is 0 Å². The number of nitriles is 2. The predicted molar refractivity (Wildman–Crippen MR) is 91.2 cm³/mol. The molecule has 2 rings (SSSR count). The molecule has 0 amide bonds. The molecule has 0 fully saturated rings. The average Bonchev–Trinajstić information content (AvgIpc) is 2.56. The van der Waals surface area contributed by atoms with Gasteiger partial charge in [0.05, 0.1) is 0 Å². The van der Waals surface area contributed by atoms with Gasteiger partial charge in [-0.15, -0.1) is 0 Å². The summed E-state index contributed by atoms with van der Waals surface area (Å²) in [5.41, 5.74) is 1.07. The molecule has 1 heterocycles. The minimum absolute atomic E-state index is 0.0732. The van der Waals surface area contributed by atoms with Crippen LogP contribution in [0.4, 0.5) is 0 Å². The Morgan fingerprint density at radius 1 is 1.24 bits per heavy atom. The second-order valence-electron chi connectivity index (χ2n) is 5.09. The SMILES string of the molecule is CC1=CC(=C(C#N)C#N)C=C(/C(=[CH]/[Na])c2ccccc2S(=O)(=O)O)O1. The van der Waals surface area contributed by atoms with Crippen LogP contribution in [-0.2, 0) is 14.9 Å². The van der Waals surface area contributed by atoms with Crippen molar-refractivity contribution in [1.29, 1.82) is 10.5 Å². The topological polar surface area (TPSA) is 111 Å². The number of allylic oxidation sites excluding steroid dienone is 6. The van der Waals surface area contributed by atoms with Crippen molar-refractivity contribution in [3.05, 3.63) is 68.0 Å². The first-order valence-corrected chi connectivity index (χ1v) is 9.77. The third kappa shape index (κ3) is 4.29. The summed E-state index contributed by atoms with van der Waals surface area (Å²) >= 11 is 0.585. The van der Waals surface area contributed by atoms with E-state index in [1.54, 1.807) is 28.5 Å². The van der Waals surface area contributed by atoms with Gasteiger partial charge in [-0.3, -0.25) is 0 Å². The van der Waals surface area contributed by atoms with Crippen LogP contribution in [0.15, 0.2) is 67.3 Å². The van der Waals surface area contributed by atoms with Crippen LogP contribution in [0.3, 0.4) is 0 Å². The van der Waals surface area contributed by atoms with E-state index in [4.69, 9.17) is 15.3 Å². The fourth-order valence-corrected chi connectivity index (χ4v) is 3.71. The molecular formula is C17H11N2NaO4S. The zero-order valence-corrected chi connectivity index (χ0v) is 16.3. The first kappa shape index (κ1) is 19.2. The second-order valence-corrected chi connectivity index (χ2v) is 7.06. The molecule has 1 aromatic rings. The van der Waals surface area contributed by atoms with E-state index in [9.17, 15) is 13.0 Å². The monoisotopic (exact) mass is 362 g/mol. The Morgan fingerprint density at radius 3 is 2.44 bits per heavy atom.